The first kappa shape index (κ1) is 22.0. The molecule has 1 aliphatic rings. The van der Waals surface area contributed by atoms with Crippen LogP contribution in [0.5, 0.6) is 5.75 Å². The molecule has 180 valence electrons. The van der Waals surface area contributed by atoms with Gasteiger partial charge in [-0.15, -0.1) is 0 Å². The number of fused-ring (bicyclic) bond motifs is 3. The van der Waals surface area contributed by atoms with E-state index in [0.717, 1.165) is 68.1 Å². The van der Waals surface area contributed by atoms with Crippen molar-refractivity contribution < 1.29 is 9.26 Å². The molecule has 8 heteroatoms. The summed E-state index contributed by atoms with van der Waals surface area (Å²) in [4.78, 5) is 23.8. The van der Waals surface area contributed by atoms with Crippen LogP contribution in [0.2, 0.25) is 0 Å². The van der Waals surface area contributed by atoms with E-state index in [1.807, 2.05) is 31.3 Å². The third-order valence-corrected chi connectivity index (χ3v) is 6.73. The van der Waals surface area contributed by atoms with Crippen LogP contribution in [0.4, 0.5) is 0 Å². The maximum Gasteiger partial charge on any atom is 0.439 e. The molecule has 0 atom stereocenters. The zero-order chi connectivity index (χ0) is 24.8. The Balaban J connectivity index is 1.49. The van der Waals surface area contributed by atoms with E-state index < -0.39 is 5.76 Å². The Hall–Kier alpha value is -4.46. The predicted molar refractivity (Wildman–Crippen MR) is 137 cm³/mol. The summed E-state index contributed by atoms with van der Waals surface area (Å²) in [5, 5.41) is 3.93. The predicted octanol–water partition coefficient (Wildman–Crippen LogP) is 4.90. The minimum atomic E-state index is -0.582. The van der Waals surface area contributed by atoms with Gasteiger partial charge in [-0.3, -0.25) is 9.51 Å². The third-order valence-electron chi connectivity index (χ3n) is 6.73. The third kappa shape index (κ3) is 3.62. The van der Waals surface area contributed by atoms with Gasteiger partial charge in [-0.25, -0.2) is 14.8 Å². The molecule has 4 heterocycles. The lowest BCUT2D eigenvalue weighted by Crippen LogP contribution is -2.06. The van der Waals surface area contributed by atoms with Crippen molar-refractivity contribution in [1.82, 2.24) is 24.7 Å². The zero-order valence-electron chi connectivity index (χ0n) is 20.3. The molecule has 0 amide bonds. The van der Waals surface area contributed by atoms with Gasteiger partial charge in [0.1, 0.15) is 23.7 Å². The van der Waals surface area contributed by atoms with Gasteiger partial charge in [-0.2, -0.15) is 0 Å². The number of ether oxygens (including phenoxy) is 1. The number of aromatic nitrogens is 5. The second-order valence-corrected chi connectivity index (χ2v) is 8.99. The van der Waals surface area contributed by atoms with Crippen LogP contribution in [0.3, 0.4) is 0 Å². The lowest BCUT2D eigenvalue weighted by Gasteiger charge is -2.15. The number of imidazole rings is 1. The Bertz CT molecular complexity index is 1710. The first-order valence-electron chi connectivity index (χ1n) is 12.0. The maximum atomic E-state index is 11.7. The Kier molecular flexibility index (Phi) is 5.29. The van der Waals surface area contributed by atoms with E-state index in [4.69, 9.17) is 14.2 Å². The number of rotatable bonds is 4. The molecule has 0 bridgehead atoms. The van der Waals surface area contributed by atoms with Gasteiger partial charge in [-0.05, 0) is 53.8 Å². The minimum absolute atomic E-state index is 0.403. The van der Waals surface area contributed by atoms with Gasteiger partial charge >= 0.3 is 5.76 Å². The van der Waals surface area contributed by atoms with Gasteiger partial charge < -0.3 is 9.30 Å². The molecule has 0 radical (unpaired) electrons. The zero-order valence-corrected chi connectivity index (χ0v) is 20.3. The Labute approximate surface area is 207 Å². The van der Waals surface area contributed by atoms with Crippen LogP contribution in [0.15, 0.2) is 64.0 Å². The highest BCUT2D eigenvalue weighted by atomic mass is 16.5. The standard InChI is InChI=1S/C28H25N5O3/c1-4-23-30-25-16(2)11-12-29-27(25)33(23)14-18-9-10-21-22(13-18)35-15-19-7-5-6-8-20(19)24(21)17(3)26-31-28(34)36-32-26/h5-13H,4,14-15H2,1-3H3,(H,31,32,34). The Morgan fingerprint density at radius 3 is 2.81 bits per heavy atom. The maximum absolute atomic E-state index is 11.7. The number of aromatic amines is 1. The first-order chi connectivity index (χ1) is 17.5. The number of benzene rings is 2. The summed E-state index contributed by atoms with van der Waals surface area (Å²) < 4.78 is 13.3. The molecule has 0 unspecified atom stereocenters. The summed E-state index contributed by atoms with van der Waals surface area (Å²) in [5.74, 6) is 1.60. The fourth-order valence-electron chi connectivity index (χ4n) is 4.90. The van der Waals surface area contributed by atoms with Crippen molar-refractivity contribution in [3.8, 4) is 5.75 Å². The highest BCUT2D eigenvalue weighted by Gasteiger charge is 2.23. The molecule has 36 heavy (non-hydrogen) atoms. The van der Waals surface area contributed by atoms with Crippen molar-refractivity contribution in [2.75, 3.05) is 0 Å². The van der Waals surface area contributed by atoms with Gasteiger partial charge in [0.25, 0.3) is 0 Å². The van der Waals surface area contributed by atoms with Gasteiger partial charge in [0, 0.05) is 23.8 Å². The molecule has 3 aromatic heterocycles. The molecule has 2 aromatic carbocycles. The molecular weight excluding hydrogens is 454 g/mol. The van der Waals surface area contributed by atoms with Crippen molar-refractivity contribution in [3.05, 3.63) is 105 Å². The number of hydrogen-bond donors (Lipinski definition) is 1. The van der Waals surface area contributed by atoms with E-state index in [1.54, 1.807) is 0 Å². The van der Waals surface area contributed by atoms with E-state index in [9.17, 15) is 4.79 Å². The molecular formula is C28H25N5O3. The van der Waals surface area contributed by atoms with Crippen LogP contribution in [0.1, 0.15) is 53.3 Å². The van der Waals surface area contributed by atoms with Crippen molar-refractivity contribution in [2.45, 2.75) is 40.3 Å². The fraction of sp³-hybridized carbons (Fsp3) is 0.214. The molecule has 0 saturated heterocycles. The first-order valence-corrected chi connectivity index (χ1v) is 12.0. The van der Waals surface area contributed by atoms with E-state index in [2.05, 4.69) is 63.9 Å². The van der Waals surface area contributed by atoms with Crippen LogP contribution < -0.4 is 10.5 Å². The number of H-pyrrole nitrogens is 1. The lowest BCUT2D eigenvalue weighted by molar-refractivity contribution is 0.307. The summed E-state index contributed by atoms with van der Waals surface area (Å²) in [6.07, 6.45) is 2.65. The number of nitrogens with one attached hydrogen (secondary N) is 1. The lowest BCUT2D eigenvalue weighted by atomic mass is 9.90. The number of aryl methyl sites for hydroxylation is 2. The Morgan fingerprint density at radius 2 is 2.00 bits per heavy atom. The number of hydrogen-bond acceptors (Lipinski definition) is 6. The number of allylic oxidation sites excluding steroid dienone is 1. The molecule has 0 fully saturated rings. The van der Waals surface area contributed by atoms with Crippen molar-refractivity contribution >= 4 is 22.3 Å². The molecule has 5 aromatic rings. The van der Waals surface area contributed by atoms with Crippen LogP contribution in [0, 0.1) is 6.92 Å². The van der Waals surface area contributed by atoms with Crippen LogP contribution in [0.25, 0.3) is 22.3 Å². The monoisotopic (exact) mass is 479 g/mol. The second kappa shape index (κ2) is 8.64. The second-order valence-electron chi connectivity index (χ2n) is 8.99. The highest BCUT2D eigenvalue weighted by Crippen LogP contribution is 2.41. The SMILES string of the molecule is CCc1nc2c(C)ccnc2n1Cc1ccc2c(c1)OCc1ccccc1C2=C(C)c1noc(=O)[nH]1. The molecule has 0 aliphatic carbocycles. The normalized spacial score (nSPS) is 14.2. The van der Waals surface area contributed by atoms with Crippen LogP contribution >= 0.6 is 0 Å². The van der Waals surface area contributed by atoms with Gasteiger partial charge in [-0.1, -0.05) is 48.5 Å². The summed E-state index contributed by atoms with van der Waals surface area (Å²) in [7, 11) is 0. The van der Waals surface area contributed by atoms with Crippen LogP contribution in [-0.2, 0) is 19.6 Å². The quantitative estimate of drug-likeness (QED) is 0.394. The largest absolute Gasteiger partial charge is 0.488 e. The molecule has 1 aliphatic heterocycles. The average molecular weight is 480 g/mol. The van der Waals surface area contributed by atoms with Crippen molar-refractivity contribution in [3.63, 3.8) is 0 Å². The summed E-state index contributed by atoms with van der Waals surface area (Å²) in [6.45, 7) is 7.18. The van der Waals surface area contributed by atoms with Crippen molar-refractivity contribution in [1.29, 1.82) is 0 Å². The van der Waals surface area contributed by atoms with Crippen molar-refractivity contribution in [2.24, 2.45) is 0 Å². The smallest absolute Gasteiger partial charge is 0.439 e. The van der Waals surface area contributed by atoms with E-state index in [-0.39, 0.29) is 0 Å². The minimum Gasteiger partial charge on any atom is -0.488 e. The van der Waals surface area contributed by atoms with Gasteiger partial charge in [0.15, 0.2) is 11.5 Å². The molecule has 0 saturated carbocycles. The molecule has 0 spiro atoms. The van der Waals surface area contributed by atoms with E-state index in [0.29, 0.717) is 19.0 Å². The molecule has 8 nitrogen and oxygen atoms in total. The van der Waals surface area contributed by atoms with Crippen LogP contribution in [-0.4, -0.2) is 24.7 Å². The van der Waals surface area contributed by atoms with Gasteiger partial charge in [0.05, 0.1) is 6.54 Å². The van der Waals surface area contributed by atoms with E-state index in [1.165, 1.54) is 0 Å². The molecule has 6 rings (SSSR count). The molecule has 1 N–H and O–H groups in total. The van der Waals surface area contributed by atoms with Gasteiger partial charge in [0.2, 0.25) is 0 Å². The average Bonchev–Trinajstić information content (AvgIpc) is 3.44. The summed E-state index contributed by atoms with van der Waals surface area (Å²) >= 11 is 0. The highest BCUT2D eigenvalue weighted by molar-refractivity contribution is 5.99. The summed E-state index contributed by atoms with van der Waals surface area (Å²) in [6, 6.07) is 16.4. The summed E-state index contributed by atoms with van der Waals surface area (Å²) in [5.41, 5.74) is 8.83. The van der Waals surface area contributed by atoms with E-state index >= 15 is 0 Å². The number of nitrogens with zero attached hydrogens (tertiary/aromatic N) is 4. The topological polar surface area (TPSA) is 98.8 Å². The fourth-order valence-corrected chi connectivity index (χ4v) is 4.90. The Morgan fingerprint density at radius 1 is 1.14 bits per heavy atom. The number of pyridine rings is 1.